The summed E-state index contributed by atoms with van der Waals surface area (Å²) in [4.78, 5) is 66.8. The molecule has 6 N–H and O–H groups in total. The maximum absolute atomic E-state index is 13.1. The monoisotopic (exact) mass is 1010 g/mol. The zero-order valence-electron chi connectivity index (χ0n) is 41.8. The number of aromatic nitrogens is 4. The molecule has 4 amide bonds. The number of amides is 4. The molecule has 0 bridgehead atoms. The van der Waals surface area contributed by atoms with E-state index in [9.17, 15) is 19.2 Å². The van der Waals surface area contributed by atoms with Gasteiger partial charge in [-0.05, 0) is 83.3 Å². The standard InChI is InChI=1S/C32H39N7O4.C21H19ClN4O4/c1-9-29(40)34-24-16-25(28(42-8)17-27(24)38(6)15-14-37(4)5)35-32-33-18-22(31(41)43-20(2)3)30(36-32)23-19-39(7)26-13-11-10-12-21(23)26;1-29-19-10-17-13(9-14(19)20(23)27)18(6-7-24-17)30-12-4-5-16(15(22)8-12)26-21(28)25-11-2-3-11/h9-13,16-20H,1,14-15H2,2-8H3,(H,34,40)(H,33,35,36);4-11H,2-3H2,1H3,(H2,23,27)(H2,25,26,28). The normalized spacial score (nSPS) is 11.9. The molecule has 0 spiro atoms. The second kappa shape index (κ2) is 23.2. The molecule has 1 saturated carbocycles. The van der Waals surface area contributed by atoms with Gasteiger partial charge >= 0.3 is 12.0 Å². The Kier molecular flexibility index (Phi) is 16.7. The summed E-state index contributed by atoms with van der Waals surface area (Å²) >= 11 is 6.30. The van der Waals surface area contributed by atoms with Gasteiger partial charge in [0, 0.05) is 91.9 Å². The van der Waals surface area contributed by atoms with Crippen LogP contribution in [0.15, 0.2) is 104 Å². The van der Waals surface area contributed by atoms with E-state index in [4.69, 9.17) is 41.3 Å². The quantitative estimate of drug-likeness (QED) is 0.0399. The highest BCUT2D eigenvalue weighted by Gasteiger charge is 2.25. The van der Waals surface area contributed by atoms with Crippen LogP contribution < -0.4 is 46.1 Å². The molecule has 1 aliphatic rings. The first kappa shape index (κ1) is 52.4. The van der Waals surface area contributed by atoms with E-state index in [0.29, 0.717) is 68.2 Å². The van der Waals surface area contributed by atoms with E-state index in [1.807, 2.05) is 74.2 Å². The van der Waals surface area contributed by atoms with Crippen molar-refractivity contribution in [1.82, 2.24) is 29.7 Å². The fraction of sp³-hybridized carbons (Fsp3) is 0.264. The number of pyridine rings is 1. The van der Waals surface area contributed by atoms with Crippen molar-refractivity contribution in [2.45, 2.75) is 38.8 Å². The van der Waals surface area contributed by atoms with E-state index in [1.54, 1.807) is 69.6 Å². The first-order valence-electron chi connectivity index (χ1n) is 23.2. The first-order valence-corrected chi connectivity index (χ1v) is 23.6. The number of nitrogens with one attached hydrogen (secondary N) is 4. The first-order chi connectivity index (χ1) is 35.0. The number of anilines is 5. The number of halogens is 1. The average Bonchev–Trinajstić information content (AvgIpc) is 4.12. The van der Waals surface area contributed by atoms with Crippen LogP contribution in [-0.4, -0.2) is 109 Å². The fourth-order valence-electron chi connectivity index (χ4n) is 7.59. The number of benzene rings is 4. The van der Waals surface area contributed by atoms with Gasteiger partial charge in [-0.2, -0.15) is 0 Å². The van der Waals surface area contributed by atoms with E-state index >= 15 is 0 Å². The van der Waals surface area contributed by atoms with Gasteiger partial charge in [-0.3, -0.25) is 14.6 Å². The fourth-order valence-corrected chi connectivity index (χ4v) is 7.81. The molecule has 0 saturated heterocycles. The Balaban J connectivity index is 0.000000227. The Morgan fingerprint density at radius 2 is 1.63 bits per heavy atom. The SMILES string of the molecule is C=CC(=O)Nc1cc(Nc2ncc(C(=O)OC(C)C)c(-c3cn(C)c4ccccc34)n2)c(OC)cc1N(C)CCN(C)C.COc1cc2nccc(Oc3ccc(NC(=O)NC4CC4)c(Cl)c3)c2cc1C(N)=O. The van der Waals surface area contributed by atoms with Crippen LogP contribution >= 0.6 is 11.6 Å². The third-order valence-corrected chi connectivity index (χ3v) is 11.7. The molecule has 7 aromatic rings. The number of carbonyl (C=O) groups excluding carboxylic acids is 4. The summed E-state index contributed by atoms with van der Waals surface area (Å²) in [6.45, 7) is 8.70. The molecule has 0 unspecified atom stereocenters. The van der Waals surface area contributed by atoms with Crippen molar-refractivity contribution < 1.29 is 38.1 Å². The van der Waals surface area contributed by atoms with Gasteiger partial charge in [-0.1, -0.05) is 36.4 Å². The van der Waals surface area contributed by atoms with E-state index in [1.165, 1.54) is 19.4 Å². The Bertz CT molecular complexity index is 3210. The minimum Gasteiger partial charge on any atom is -0.496 e. The summed E-state index contributed by atoms with van der Waals surface area (Å²) in [7, 11) is 10.9. The number of ether oxygens (including phenoxy) is 4. The molecule has 73 heavy (non-hydrogen) atoms. The molecule has 380 valence electrons. The average molecular weight is 1010 g/mol. The van der Waals surface area contributed by atoms with Gasteiger partial charge in [-0.15, -0.1) is 0 Å². The van der Waals surface area contributed by atoms with Gasteiger partial charge in [0.15, 0.2) is 0 Å². The van der Waals surface area contributed by atoms with Crippen molar-refractivity contribution in [1.29, 1.82) is 0 Å². The lowest BCUT2D eigenvalue weighted by Crippen LogP contribution is -2.30. The number of hydrogen-bond acceptors (Lipinski definition) is 14. The number of esters is 1. The third-order valence-electron chi connectivity index (χ3n) is 11.4. The Morgan fingerprint density at radius 3 is 2.30 bits per heavy atom. The molecule has 0 atom stereocenters. The highest BCUT2D eigenvalue weighted by molar-refractivity contribution is 6.33. The minimum absolute atomic E-state index is 0.224. The number of rotatable bonds is 18. The van der Waals surface area contributed by atoms with E-state index < -0.39 is 11.9 Å². The van der Waals surface area contributed by atoms with Crippen LogP contribution in [-0.2, 0) is 16.6 Å². The molecule has 0 aliphatic heterocycles. The molecule has 1 aliphatic carbocycles. The number of nitrogens with zero attached hydrogens (tertiary/aromatic N) is 6. The van der Waals surface area contributed by atoms with Crippen molar-refractivity contribution >= 4 is 85.9 Å². The molecular formula is C53H58ClN11O8. The number of methoxy groups -OCH3 is 2. The maximum Gasteiger partial charge on any atom is 0.342 e. The lowest BCUT2D eigenvalue weighted by atomic mass is 10.1. The van der Waals surface area contributed by atoms with Crippen LogP contribution in [0.1, 0.15) is 47.4 Å². The number of aryl methyl sites for hydroxylation is 1. The summed E-state index contributed by atoms with van der Waals surface area (Å²) in [5, 5.41) is 13.5. The third kappa shape index (κ3) is 12.9. The van der Waals surface area contributed by atoms with Crippen molar-refractivity contribution in [3.8, 4) is 34.3 Å². The van der Waals surface area contributed by atoms with Gasteiger partial charge in [0.2, 0.25) is 11.9 Å². The second-order valence-corrected chi connectivity index (χ2v) is 18.0. The second-order valence-electron chi connectivity index (χ2n) is 17.6. The molecule has 19 nitrogen and oxygen atoms in total. The highest BCUT2D eigenvalue weighted by Crippen LogP contribution is 2.40. The van der Waals surface area contributed by atoms with Gasteiger partial charge in [0.1, 0.15) is 28.6 Å². The molecule has 20 heteroatoms. The summed E-state index contributed by atoms with van der Waals surface area (Å²) in [5.74, 6) is 0.529. The zero-order chi connectivity index (χ0) is 52.5. The topological polar surface area (TPSA) is 229 Å². The minimum atomic E-state index is -0.619. The van der Waals surface area contributed by atoms with Crippen molar-refractivity contribution in [2.24, 2.45) is 12.8 Å². The smallest absolute Gasteiger partial charge is 0.342 e. The van der Waals surface area contributed by atoms with E-state index in [0.717, 1.165) is 41.5 Å². The number of carbonyl (C=O) groups is 4. The van der Waals surface area contributed by atoms with Crippen molar-refractivity contribution in [3.05, 3.63) is 120 Å². The summed E-state index contributed by atoms with van der Waals surface area (Å²) < 4.78 is 24.4. The number of likely N-dealkylation sites (N-methyl/N-ethyl adjacent to an activating group) is 2. The summed E-state index contributed by atoms with van der Waals surface area (Å²) in [6.07, 6.45) is 7.89. The maximum atomic E-state index is 13.1. The zero-order valence-corrected chi connectivity index (χ0v) is 42.6. The molecule has 3 aromatic heterocycles. The lowest BCUT2D eigenvalue weighted by Gasteiger charge is -2.26. The molecule has 1 fully saturated rings. The molecule has 0 radical (unpaired) electrons. The summed E-state index contributed by atoms with van der Waals surface area (Å²) in [6, 6.07) is 21.3. The van der Waals surface area contributed by atoms with Gasteiger partial charge < -0.3 is 60.3 Å². The number of fused-ring (bicyclic) bond motifs is 2. The lowest BCUT2D eigenvalue weighted by molar-refractivity contribution is -0.111. The van der Waals surface area contributed by atoms with Crippen LogP contribution in [0.5, 0.6) is 23.0 Å². The highest BCUT2D eigenvalue weighted by atomic mass is 35.5. The molecule has 3 heterocycles. The van der Waals surface area contributed by atoms with E-state index in [2.05, 4.69) is 42.7 Å². The molecule has 8 rings (SSSR count). The van der Waals surface area contributed by atoms with Crippen molar-refractivity contribution in [2.75, 3.05) is 69.3 Å². The van der Waals surface area contributed by atoms with Crippen LogP contribution in [0, 0.1) is 0 Å². The van der Waals surface area contributed by atoms with Crippen LogP contribution in [0.2, 0.25) is 5.02 Å². The predicted octanol–water partition coefficient (Wildman–Crippen LogP) is 9.15. The van der Waals surface area contributed by atoms with Gasteiger partial charge in [0.05, 0.1) is 64.9 Å². The van der Waals surface area contributed by atoms with Crippen molar-refractivity contribution in [3.63, 3.8) is 0 Å². The number of primary amides is 1. The van der Waals surface area contributed by atoms with E-state index in [-0.39, 0.29) is 41.2 Å². The molecular weight excluding hydrogens is 954 g/mol. The van der Waals surface area contributed by atoms with Gasteiger partial charge in [0.25, 0.3) is 5.91 Å². The largest absolute Gasteiger partial charge is 0.496 e. The number of hydrogen-bond donors (Lipinski definition) is 5. The number of urea groups is 1. The summed E-state index contributed by atoms with van der Waals surface area (Å²) in [5.41, 5.74) is 11.0. The van der Waals surface area contributed by atoms with Crippen LogP contribution in [0.25, 0.3) is 33.1 Å². The predicted molar refractivity (Wildman–Crippen MR) is 285 cm³/mol. The Labute approximate surface area is 427 Å². The van der Waals surface area contributed by atoms with Crippen LogP contribution in [0.3, 0.4) is 0 Å². The van der Waals surface area contributed by atoms with Gasteiger partial charge in [-0.25, -0.2) is 19.6 Å². The van der Waals surface area contributed by atoms with Crippen LogP contribution in [0.4, 0.5) is 33.5 Å². The Morgan fingerprint density at radius 1 is 0.877 bits per heavy atom. The Hall–Kier alpha value is -8.42. The number of nitrogens with two attached hydrogens (primary N) is 1. The molecule has 4 aromatic carbocycles. The number of para-hydroxylation sites is 1.